The number of nitrogens with zero attached hydrogens (tertiary/aromatic N) is 2. The molecule has 5 heteroatoms. The van der Waals surface area contributed by atoms with Crippen LogP contribution in [0.1, 0.15) is 30.1 Å². The van der Waals surface area contributed by atoms with E-state index in [-0.39, 0.29) is 11.6 Å². The third-order valence-electron chi connectivity index (χ3n) is 3.67. The molecule has 0 spiro atoms. The summed E-state index contributed by atoms with van der Waals surface area (Å²) < 4.78 is 6.67. The van der Waals surface area contributed by atoms with Crippen molar-refractivity contribution in [1.82, 2.24) is 9.78 Å². The van der Waals surface area contributed by atoms with E-state index in [9.17, 15) is 4.79 Å². The number of hydrogen-bond donors (Lipinski definition) is 1. The van der Waals surface area contributed by atoms with Crippen LogP contribution in [-0.4, -0.2) is 16.9 Å². The van der Waals surface area contributed by atoms with Gasteiger partial charge in [-0.15, -0.1) is 0 Å². The van der Waals surface area contributed by atoms with Crippen molar-refractivity contribution in [1.29, 1.82) is 0 Å². The smallest absolute Gasteiger partial charge is 0.271 e. The summed E-state index contributed by atoms with van der Waals surface area (Å²) in [5, 5.41) is 4.47. The van der Waals surface area contributed by atoms with E-state index in [1.54, 1.807) is 13.2 Å². The van der Waals surface area contributed by atoms with E-state index in [0.717, 1.165) is 30.5 Å². The normalized spacial score (nSPS) is 17.6. The summed E-state index contributed by atoms with van der Waals surface area (Å²) in [5.74, 6) is 0.617. The van der Waals surface area contributed by atoms with Gasteiger partial charge >= 0.3 is 0 Å². The van der Waals surface area contributed by atoms with Gasteiger partial charge < -0.3 is 10.5 Å². The minimum Gasteiger partial charge on any atom is -0.494 e. The molecule has 0 aliphatic heterocycles. The van der Waals surface area contributed by atoms with Gasteiger partial charge in [0.05, 0.1) is 12.8 Å². The highest BCUT2D eigenvalue weighted by Crippen LogP contribution is 2.26. The molecule has 0 amide bonds. The van der Waals surface area contributed by atoms with Crippen LogP contribution in [0, 0.1) is 0 Å². The zero-order chi connectivity index (χ0) is 14.1. The number of aromatic nitrogens is 2. The number of nitrogens with two attached hydrogens (primary N) is 1. The molecule has 2 aromatic rings. The molecule has 2 N–H and O–H groups in total. The van der Waals surface area contributed by atoms with Gasteiger partial charge in [0.1, 0.15) is 11.4 Å². The second-order valence-electron chi connectivity index (χ2n) is 4.98. The van der Waals surface area contributed by atoms with Crippen molar-refractivity contribution >= 4 is 0 Å². The summed E-state index contributed by atoms with van der Waals surface area (Å²) >= 11 is 0. The standard InChI is InChI=1S/C15H17N3O2/c1-20-13-8-3-2-7-12(13)18-14(19)9-10-5-4-6-11(16)15(10)17-18/h2-3,7-9,11H,4-6,16H2,1H3. The lowest BCUT2D eigenvalue weighted by atomic mass is 9.93. The van der Waals surface area contributed by atoms with Crippen molar-refractivity contribution in [2.45, 2.75) is 25.3 Å². The van der Waals surface area contributed by atoms with Crippen LogP contribution in [0.3, 0.4) is 0 Å². The minimum atomic E-state index is -0.151. The quantitative estimate of drug-likeness (QED) is 0.900. The number of ether oxygens (including phenoxy) is 1. The fourth-order valence-corrected chi connectivity index (χ4v) is 2.64. The van der Waals surface area contributed by atoms with Gasteiger partial charge in [-0.3, -0.25) is 4.79 Å². The molecule has 0 fully saturated rings. The number of rotatable bonds is 2. The molecule has 1 aromatic heterocycles. The highest BCUT2D eigenvalue weighted by molar-refractivity contribution is 5.46. The van der Waals surface area contributed by atoms with Crippen LogP contribution in [0.25, 0.3) is 5.69 Å². The number of fused-ring (bicyclic) bond motifs is 1. The Morgan fingerprint density at radius 1 is 1.40 bits per heavy atom. The maximum atomic E-state index is 12.3. The van der Waals surface area contributed by atoms with Crippen LogP contribution < -0.4 is 16.0 Å². The van der Waals surface area contributed by atoms with E-state index in [4.69, 9.17) is 10.5 Å². The highest BCUT2D eigenvalue weighted by atomic mass is 16.5. The van der Waals surface area contributed by atoms with Crippen LogP contribution in [0.4, 0.5) is 0 Å². The van der Waals surface area contributed by atoms with E-state index in [0.29, 0.717) is 11.4 Å². The molecule has 0 bridgehead atoms. The first-order valence-electron chi connectivity index (χ1n) is 6.73. The third kappa shape index (κ3) is 2.10. The molecule has 1 aromatic carbocycles. The summed E-state index contributed by atoms with van der Waals surface area (Å²) in [6, 6.07) is 8.88. The number of methoxy groups -OCH3 is 1. The average Bonchev–Trinajstić information content (AvgIpc) is 2.47. The van der Waals surface area contributed by atoms with E-state index < -0.39 is 0 Å². The first-order valence-corrected chi connectivity index (χ1v) is 6.73. The molecular weight excluding hydrogens is 254 g/mol. The van der Waals surface area contributed by atoms with Gasteiger partial charge in [-0.25, -0.2) is 0 Å². The zero-order valence-corrected chi connectivity index (χ0v) is 11.4. The SMILES string of the molecule is COc1ccccc1-n1nc2c(cc1=O)CCCC2N. The molecule has 1 unspecified atom stereocenters. The first-order chi connectivity index (χ1) is 9.70. The van der Waals surface area contributed by atoms with Gasteiger partial charge in [0, 0.05) is 12.1 Å². The Kier molecular flexibility index (Phi) is 3.28. The average molecular weight is 271 g/mol. The summed E-state index contributed by atoms with van der Waals surface area (Å²) in [5.41, 5.74) is 8.39. The zero-order valence-electron chi connectivity index (χ0n) is 11.4. The van der Waals surface area contributed by atoms with Crippen LogP contribution in [0.15, 0.2) is 35.1 Å². The van der Waals surface area contributed by atoms with Crippen molar-refractivity contribution in [2.75, 3.05) is 7.11 Å². The molecule has 1 aliphatic carbocycles. The Morgan fingerprint density at radius 3 is 3.00 bits per heavy atom. The Morgan fingerprint density at radius 2 is 2.20 bits per heavy atom. The maximum absolute atomic E-state index is 12.3. The Hall–Kier alpha value is -2.14. The van der Waals surface area contributed by atoms with Gasteiger partial charge in [-0.05, 0) is 37.0 Å². The number of aryl methyl sites for hydroxylation is 1. The van der Waals surface area contributed by atoms with E-state index in [1.807, 2.05) is 24.3 Å². The van der Waals surface area contributed by atoms with Gasteiger partial charge in [-0.2, -0.15) is 9.78 Å². The topological polar surface area (TPSA) is 70.1 Å². The fraction of sp³-hybridized carbons (Fsp3) is 0.333. The lowest BCUT2D eigenvalue weighted by Crippen LogP contribution is -2.29. The number of hydrogen-bond acceptors (Lipinski definition) is 4. The van der Waals surface area contributed by atoms with Crippen molar-refractivity contribution < 1.29 is 4.74 Å². The Bertz CT molecular complexity index is 694. The summed E-state index contributed by atoms with van der Waals surface area (Å²) in [4.78, 5) is 12.3. The van der Waals surface area contributed by atoms with Crippen molar-refractivity contribution in [3.8, 4) is 11.4 Å². The molecule has 1 atom stereocenters. The van der Waals surface area contributed by atoms with Crippen LogP contribution in [-0.2, 0) is 6.42 Å². The Balaban J connectivity index is 2.19. The lowest BCUT2D eigenvalue weighted by molar-refractivity contribution is 0.410. The van der Waals surface area contributed by atoms with Gasteiger partial charge in [0.15, 0.2) is 0 Å². The Labute approximate surface area is 117 Å². The summed E-state index contributed by atoms with van der Waals surface area (Å²) in [6.07, 6.45) is 2.79. The van der Waals surface area contributed by atoms with E-state index in [1.165, 1.54) is 4.68 Å². The monoisotopic (exact) mass is 271 g/mol. The molecule has 1 aliphatic rings. The molecule has 20 heavy (non-hydrogen) atoms. The minimum absolute atomic E-state index is 0.0969. The number of para-hydroxylation sites is 2. The van der Waals surface area contributed by atoms with Gasteiger partial charge in [-0.1, -0.05) is 12.1 Å². The highest BCUT2D eigenvalue weighted by Gasteiger charge is 2.21. The molecule has 0 saturated carbocycles. The largest absolute Gasteiger partial charge is 0.494 e. The van der Waals surface area contributed by atoms with Crippen molar-refractivity contribution in [3.63, 3.8) is 0 Å². The molecule has 3 rings (SSSR count). The first kappa shape index (κ1) is 12.9. The van der Waals surface area contributed by atoms with Gasteiger partial charge in [0.2, 0.25) is 0 Å². The summed E-state index contributed by atoms with van der Waals surface area (Å²) in [7, 11) is 1.58. The van der Waals surface area contributed by atoms with Crippen LogP contribution >= 0.6 is 0 Å². The predicted molar refractivity (Wildman–Crippen MR) is 76.3 cm³/mol. The number of benzene rings is 1. The van der Waals surface area contributed by atoms with E-state index >= 15 is 0 Å². The summed E-state index contributed by atoms with van der Waals surface area (Å²) in [6.45, 7) is 0. The molecule has 1 heterocycles. The van der Waals surface area contributed by atoms with Crippen LogP contribution in [0.5, 0.6) is 5.75 Å². The molecule has 5 nitrogen and oxygen atoms in total. The lowest BCUT2D eigenvalue weighted by Gasteiger charge is -2.21. The third-order valence-corrected chi connectivity index (χ3v) is 3.67. The molecular formula is C15H17N3O2. The second kappa shape index (κ2) is 5.09. The predicted octanol–water partition coefficient (Wildman–Crippen LogP) is 1.58. The van der Waals surface area contributed by atoms with Crippen molar-refractivity contribution in [2.24, 2.45) is 5.73 Å². The van der Waals surface area contributed by atoms with E-state index in [2.05, 4.69) is 5.10 Å². The maximum Gasteiger partial charge on any atom is 0.271 e. The fourth-order valence-electron chi connectivity index (χ4n) is 2.64. The van der Waals surface area contributed by atoms with Crippen molar-refractivity contribution in [3.05, 3.63) is 51.9 Å². The molecule has 0 saturated heterocycles. The van der Waals surface area contributed by atoms with Crippen LogP contribution in [0.2, 0.25) is 0 Å². The van der Waals surface area contributed by atoms with Gasteiger partial charge in [0.25, 0.3) is 5.56 Å². The molecule has 0 radical (unpaired) electrons. The second-order valence-corrected chi connectivity index (χ2v) is 4.98. The molecule has 104 valence electrons.